The van der Waals surface area contributed by atoms with E-state index in [1.807, 2.05) is 33.7 Å². The zero-order chi connectivity index (χ0) is 19.1. The number of hydrogen-bond donors (Lipinski definition) is 0. The first-order chi connectivity index (χ1) is 13.7. The first-order valence-corrected chi connectivity index (χ1v) is 9.98. The van der Waals surface area contributed by atoms with E-state index in [1.54, 1.807) is 0 Å². The number of aryl methyl sites for hydroxylation is 1. The van der Waals surface area contributed by atoms with Crippen LogP contribution in [0.15, 0.2) is 53.4 Å². The highest BCUT2D eigenvalue weighted by Crippen LogP contribution is 2.25. The minimum Gasteiger partial charge on any atom is -0.378 e. The third kappa shape index (κ3) is 3.18. The molecule has 1 fully saturated rings. The van der Waals surface area contributed by atoms with Gasteiger partial charge < -0.3 is 9.64 Å². The molecule has 1 aromatic carbocycles. The Bertz CT molecular complexity index is 1140. The second-order valence-corrected chi connectivity index (χ2v) is 7.66. The molecule has 5 rings (SSSR count). The van der Waals surface area contributed by atoms with Crippen LogP contribution in [-0.4, -0.2) is 50.7 Å². The van der Waals surface area contributed by atoms with Crippen LogP contribution in [0.4, 0.5) is 5.82 Å². The minimum absolute atomic E-state index is 0.709. The standard InChI is InChI=1S/C20H19BrN6O/c1-14-3-2-4-15(9-14)16-12-22-26(13-16)18-11-20(25-5-7-28-8-6-25)27-19(23-18)10-17(21)24-27/h2-4,9-13H,5-8H2,1H3. The topological polar surface area (TPSA) is 60.5 Å². The predicted octanol–water partition coefficient (Wildman–Crippen LogP) is 3.49. The van der Waals surface area contributed by atoms with E-state index in [-0.39, 0.29) is 0 Å². The van der Waals surface area contributed by atoms with Crippen LogP contribution in [0.1, 0.15) is 5.56 Å². The van der Waals surface area contributed by atoms with Gasteiger partial charge >= 0.3 is 0 Å². The Morgan fingerprint density at radius 2 is 1.93 bits per heavy atom. The molecular weight excluding hydrogens is 420 g/mol. The molecule has 1 aliphatic rings. The van der Waals surface area contributed by atoms with Gasteiger partial charge in [0.2, 0.25) is 0 Å². The lowest BCUT2D eigenvalue weighted by Gasteiger charge is -2.29. The molecule has 0 aliphatic carbocycles. The van der Waals surface area contributed by atoms with Crippen molar-refractivity contribution in [1.82, 2.24) is 24.4 Å². The predicted molar refractivity (Wildman–Crippen MR) is 111 cm³/mol. The average molecular weight is 439 g/mol. The van der Waals surface area contributed by atoms with Crippen molar-refractivity contribution < 1.29 is 4.74 Å². The van der Waals surface area contributed by atoms with Crippen molar-refractivity contribution in [2.75, 3.05) is 31.2 Å². The number of halogens is 1. The monoisotopic (exact) mass is 438 g/mol. The number of rotatable bonds is 3. The van der Waals surface area contributed by atoms with Crippen LogP contribution in [-0.2, 0) is 4.74 Å². The fraction of sp³-hybridized carbons (Fsp3) is 0.250. The van der Waals surface area contributed by atoms with Crippen LogP contribution in [0, 0.1) is 6.92 Å². The number of morpholine rings is 1. The van der Waals surface area contributed by atoms with Crippen molar-refractivity contribution in [3.05, 3.63) is 59.0 Å². The lowest BCUT2D eigenvalue weighted by Crippen LogP contribution is -2.37. The van der Waals surface area contributed by atoms with Crippen molar-refractivity contribution in [2.24, 2.45) is 0 Å². The molecular formula is C20H19BrN6O. The molecule has 0 bridgehead atoms. The molecule has 142 valence electrons. The Morgan fingerprint density at radius 1 is 1.07 bits per heavy atom. The number of nitrogens with zero attached hydrogens (tertiary/aromatic N) is 6. The third-order valence-electron chi connectivity index (χ3n) is 4.87. The molecule has 4 heterocycles. The van der Waals surface area contributed by atoms with Crippen LogP contribution in [0.25, 0.3) is 22.6 Å². The maximum atomic E-state index is 5.50. The molecule has 4 aromatic rings. The first-order valence-electron chi connectivity index (χ1n) is 9.18. The van der Waals surface area contributed by atoms with Gasteiger partial charge in [0.15, 0.2) is 11.5 Å². The van der Waals surface area contributed by atoms with Gasteiger partial charge in [-0.1, -0.05) is 29.8 Å². The summed E-state index contributed by atoms with van der Waals surface area (Å²) in [7, 11) is 0. The van der Waals surface area contributed by atoms with Crippen LogP contribution >= 0.6 is 15.9 Å². The smallest absolute Gasteiger partial charge is 0.161 e. The van der Waals surface area contributed by atoms with E-state index in [9.17, 15) is 0 Å². The molecule has 0 radical (unpaired) electrons. The summed E-state index contributed by atoms with van der Waals surface area (Å²) in [6.45, 7) is 5.16. The minimum atomic E-state index is 0.709. The fourth-order valence-electron chi connectivity index (χ4n) is 3.47. The summed E-state index contributed by atoms with van der Waals surface area (Å²) in [5, 5.41) is 9.11. The zero-order valence-electron chi connectivity index (χ0n) is 15.4. The fourth-order valence-corrected chi connectivity index (χ4v) is 3.84. The quantitative estimate of drug-likeness (QED) is 0.489. The van der Waals surface area contributed by atoms with Gasteiger partial charge in [0.25, 0.3) is 0 Å². The van der Waals surface area contributed by atoms with Crippen molar-refractivity contribution in [3.8, 4) is 16.9 Å². The molecule has 0 unspecified atom stereocenters. The number of fused-ring (bicyclic) bond motifs is 1. The van der Waals surface area contributed by atoms with Gasteiger partial charge in [-0.05, 0) is 28.4 Å². The molecule has 0 N–H and O–H groups in total. The molecule has 7 nitrogen and oxygen atoms in total. The normalized spacial score (nSPS) is 14.7. The molecule has 1 aliphatic heterocycles. The van der Waals surface area contributed by atoms with Crippen molar-refractivity contribution >= 4 is 27.4 Å². The van der Waals surface area contributed by atoms with Crippen LogP contribution in [0.2, 0.25) is 0 Å². The summed E-state index contributed by atoms with van der Waals surface area (Å²) in [5.41, 5.74) is 4.21. The van der Waals surface area contributed by atoms with E-state index < -0.39 is 0 Å². The summed E-state index contributed by atoms with van der Waals surface area (Å²) < 4.78 is 9.95. The Labute approximate surface area is 170 Å². The van der Waals surface area contributed by atoms with E-state index >= 15 is 0 Å². The Hall–Kier alpha value is -2.71. The SMILES string of the molecule is Cc1cccc(-c2cnn(-c3cc(N4CCOCC4)n4nc(Br)cc4n3)c2)c1. The molecule has 3 aromatic heterocycles. The summed E-state index contributed by atoms with van der Waals surface area (Å²) in [4.78, 5) is 7.03. The van der Waals surface area contributed by atoms with E-state index in [0.717, 1.165) is 46.1 Å². The second kappa shape index (κ2) is 7.03. The molecule has 0 spiro atoms. The second-order valence-electron chi connectivity index (χ2n) is 6.85. The maximum Gasteiger partial charge on any atom is 0.161 e. The summed E-state index contributed by atoms with van der Waals surface area (Å²) >= 11 is 3.47. The highest BCUT2D eigenvalue weighted by atomic mass is 79.9. The van der Waals surface area contributed by atoms with Crippen molar-refractivity contribution in [3.63, 3.8) is 0 Å². The molecule has 0 amide bonds. The lowest BCUT2D eigenvalue weighted by molar-refractivity contribution is 0.122. The lowest BCUT2D eigenvalue weighted by atomic mass is 10.1. The van der Waals surface area contributed by atoms with Crippen LogP contribution in [0.5, 0.6) is 0 Å². The van der Waals surface area contributed by atoms with Gasteiger partial charge in [0.1, 0.15) is 10.4 Å². The van der Waals surface area contributed by atoms with Crippen LogP contribution in [0.3, 0.4) is 0 Å². The van der Waals surface area contributed by atoms with E-state index in [1.165, 1.54) is 5.56 Å². The van der Waals surface area contributed by atoms with Crippen molar-refractivity contribution in [2.45, 2.75) is 6.92 Å². The molecule has 0 saturated carbocycles. The highest BCUT2D eigenvalue weighted by molar-refractivity contribution is 9.10. The van der Waals surface area contributed by atoms with Gasteiger partial charge in [-0.25, -0.2) is 9.67 Å². The largest absolute Gasteiger partial charge is 0.378 e. The summed E-state index contributed by atoms with van der Waals surface area (Å²) in [6.07, 6.45) is 3.89. The molecule has 28 heavy (non-hydrogen) atoms. The van der Waals surface area contributed by atoms with Gasteiger partial charge in [-0.2, -0.15) is 14.7 Å². The van der Waals surface area contributed by atoms with Gasteiger partial charge in [-0.3, -0.25) is 0 Å². The van der Waals surface area contributed by atoms with Crippen molar-refractivity contribution in [1.29, 1.82) is 0 Å². The highest BCUT2D eigenvalue weighted by Gasteiger charge is 2.18. The maximum absolute atomic E-state index is 5.50. The van der Waals surface area contributed by atoms with E-state index in [4.69, 9.17) is 9.72 Å². The third-order valence-corrected chi connectivity index (χ3v) is 5.26. The Kier molecular flexibility index (Phi) is 4.37. The molecule has 8 heteroatoms. The molecule has 1 saturated heterocycles. The summed E-state index contributed by atoms with van der Waals surface area (Å²) in [6, 6.07) is 12.4. The van der Waals surface area contributed by atoms with Gasteiger partial charge in [-0.15, -0.1) is 0 Å². The number of aromatic nitrogens is 5. The number of anilines is 1. The number of benzene rings is 1. The van der Waals surface area contributed by atoms with Crippen LogP contribution < -0.4 is 4.90 Å². The summed E-state index contributed by atoms with van der Waals surface area (Å²) in [5.74, 6) is 1.75. The Balaban J connectivity index is 1.59. The average Bonchev–Trinajstić information content (AvgIpc) is 3.34. The van der Waals surface area contributed by atoms with E-state index in [2.05, 4.69) is 62.2 Å². The Morgan fingerprint density at radius 3 is 2.75 bits per heavy atom. The molecule has 0 atom stereocenters. The number of hydrogen-bond acceptors (Lipinski definition) is 5. The zero-order valence-corrected chi connectivity index (χ0v) is 17.0. The van der Waals surface area contributed by atoms with Gasteiger partial charge in [0.05, 0.1) is 19.4 Å². The first kappa shape index (κ1) is 17.4. The van der Waals surface area contributed by atoms with Gasteiger partial charge in [0, 0.05) is 37.0 Å². The van der Waals surface area contributed by atoms with E-state index in [0.29, 0.717) is 13.2 Å². The number of ether oxygens (including phenoxy) is 1.